The van der Waals surface area contributed by atoms with Gasteiger partial charge in [0.2, 0.25) is 0 Å². The fourth-order valence-corrected chi connectivity index (χ4v) is 1.95. The summed E-state index contributed by atoms with van der Waals surface area (Å²) in [6.45, 7) is 4.94. The summed E-state index contributed by atoms with van der Waals surface area (Å²) < 4.78 is 0. The van der Waals surface area contributed by atoms with Crippen molar-refractivity contribution in [1.82, 2.24) is 4.90 Å². The van der Waals surface area contributed by atoms with Crippen LogP contribution in [-0.4, -0.2) is 34.7 Å². The van der Waals surface area contributed by atoms with Gasteiger partial charge in [0.15, 0.2) is 5.11 Å². The number of carboxylic acid groups (broad SMARTS) is 1. The summed E-state index contributed by atoms with van der Waals surface area (Å²) in [4.78, 5) is 12.3. The van der Waals surface area contributed by atoms with Crippen LogP contribution in [0.4, 0.5) is 5.69 Å². The Bertz CT molecular complexity index is 457. The quantitative estimate of drug-likeness (QED) is 0.788. The molecule has 110 valence electrons. The Balaban J connectivity index is 2.46. The number of nitrogens with zero attached hydrogens (tertiary/aromatic N) is 1. The molecular formula is C15H22N2O2S. The van der Waals surface area contributed by atoms with Gasteiger partial charge < -0.3 is 15.3 Å². The highest BCUT2D eigenvalue weighted by atomic mass is 32.1. The fourth-order valence-electron chi connectivity index (χ4n) is 1.74. The summed E-state index contributed by atoms with van der Waals surface area (Å²) in [5.74, 6) is -0.267. The molecule has 0 aliphatic heterocycles. The zero-order chi connectivity index (χ0) is 15.1. The van der Waals surface area contributed by atoms with Crippen LogP contribution < -0.4 is 5.32 Å². The molecule has 20 heavy (non-hydrogen) atoms. The molecule has 4 nitrogen and oxygen atoms in total. The molecule has 0 amide bonds. The molecule has 0 bridgehead atoms. The van der Waals surface area contributed by atoms with Crippen LogP contribution in [0.5, 0.6) is 0 Å². The minimum Gasteiger partial charge on any atom is -0.481 e. The molecular weight excluding hydrogens is 272 g/mol. The van der Waals surface area contributed by atoms with Gasteiger partial charge in [0.1, 0.15) is 0 Å². The Kier molecular flexibility index (Phi) is 6.45. The molecule has 1 aromatic carbocycles. The summed E-state index contributed by atoms with van der Waals surface area (Å²) in [7, 11) is 1.86. The minimum absolute atomic E-state index is 0.163. The normalized spacial score (nSPS) is 10.4. The van der Waals surface area contributed by atoms with E-state index in [0.717, 1.165) is 5.69 Å². The lowest BCUT2D eigenvalue weighted by molar-refractivity contribution is -0.137. The van der Waals surface area contributed by atoms with Crippen LogP contribution in [0.25, 0.3) is 0 Å². The first-order chi connectivity index (χ1) is 9.40. The third-order valence-electron chi connectivity index (χ3n) is 3.06. The van der Waals surface area contributed by atoms with Crippen molar-refractivity contribution in [2.75, 3.05) is 18.9 Å². The van der Waals surface area contributed by atoms with Crippen molar-refractivity contribution >= 4 is 29.0 Å². The number of rotatable bonds is 6. The highest BCUT2D eigenvalue weighted by Gasteiger charge is 2.06. The van der Waals surface area contributed by atoms with E-state index >= 15 is 0 Å². The average Bonchev–Trinajstić information content (AvgIpc) is 2.38. The van der Waals surface area contributed by atoms with Crippen LogP contribution in [0, 0.1) is 0 Å². The SMILES string of the molecule is CC(C)c1ccc(NC(=S)N(C)CCCC(=O)O)cc1. The van der Waals surface area contributed by atoms with Crippen molar-refractivity contribution in [2.24, 2.45) is 0 Å². The number of aliphatic carboxylic acids is 1. The monoisotopic (exact) mass is 294 g/mol. The second kappa shape index (κ2) is 7.85. The number of nitrogens with one attached hydrogen (secondary N) is 1. The van der Waals surface area contributed by atoms with E-state index in [1.54, 1.807) is 0 Å². The molecule has 0 saturated carbocycles. The topological polar surface area (TPSA) is 52.6 Å². The van der Waals surface area contributed by atoms with Gasteiger partial charge in [0, 0.05) is 25.7 Å². The Morgan fingerprint density at radius 2 is 1.95 bits per heavy atom. The second-order valence-corrected chi connectivity index (χ2v) is 5.51. The molecule has 5 heteroatoms. The first-order valence-electron chi connectivity index (χ1n) is 6.74. The maximum atomic E-state index is 10.5. The van der Waals surface area contributed by atoms with E-state index in [-0.39, 0.29) is 6.42 Å². The number of thiocarbonyl (C=S) groups is 1. The lowest BCUT2D eigenvalue weighted by atomic mass is 10.0. The number of carboxylic acids is 1. The molecule has 0 radical (unpaired) electrons. The van der Waals surface area contributed by atoms with Gasteiger partial charge in [-0.2, -0.15) is 0 Å². The molecule has 0 aliphatic rings. The smallest absolute Gasteiger partial charge is 0.303 e. The standard InChI is InChI=1S/C15H22N2O2S/c1-11(2)12-6-8-13(9-7-12)16-15(20)17(3)10-4-5-14(18)19/h6-9,11H,4-5,10H2,1-3H3,(H,16,20)(H,18,19). The molecule has 0 saturated heterocycles. The van der Waals surface area contributed by atoms with E-state index < -0.39 is 5.97 Å². The van der Waals surface area contributed by atoms with Crippen LogP contribution in [-0.2, 0) is 4.79 Å². The lowest BCUT2D eigenvalue weighted by Gasteiger charge is -2.21. The van der Waals surface area contributed by atoms with Crippen molar-refractivity contribution in [1.29, 1.82) is 0 Å². The predicted octanol–water partition coefficient (Wildman–Crippen LogP) is 3.30. The summed E-state index contributed by atoms with van der Waals surface area (Å²) in [5.41, 5.74) is 2.24. The zero-order valence-corrected chi connectivity index (χ0v) is 13.0. The Labute approximate surface area is 125 Å². The van der Waals surface area contributed by atoms with Gasteiger partial charge in [-0.05, 0) is 42.3 Å². The molecule has 0 heterocycles. The van der Waals surface area contributed by atoms with Gasteiger partial charge in [0.25, 0.3) is 0 Å². The largest absolute Gasteiger partial charge is 0.481 e. The Hall–Kier alpha value is -1.62. The molecule has 0 spiro atoms. The predicted molar refractivity (Wildman–Crippen MR) is 86.3 cm³/mol. The molecule has 2 N–H and O–H groups in total. The Morgan fingerprint density at radius 3 is 2.45 bits per heavy atom. The minimum atomic E-state index is -0.776. The summed E-state index contributed by atoms with van der Waals surface area (Å²) in [5, 5.41) is 12.4. The summed E-state index contributed by atoms with van der Waals surface area (Å²) in [6, 6.07) is 8.18. The maximum Gasteiger partial charge on any atom is 0.303 e. The van der Waals surface area contributed by atoms with Crippen LogP contribution in [0.2, 0.25) is 0 Å². The molecule has 0 aliphatic carbocycles. The third-order valence-corrected chi connectivity index (χ3v) is 3.47. The van der Waals surface area contributed by atoms with E-state index in [9.17, 15) is 4.79 Å². The molecule has 0 fully saturated rings. The first kappa shape index (κ1) is 16.4. The van der Waals surface area contributed by atoms with Crippen molar-refractivity contribution in [2.45, 2.75) is 32.6 Å². The number of benzene rings is 1. The van der Waals surface area contributed by atoms with Crippen molar-refractivity contribution in [3.05, 3.63) is 29.8 Å². The van der Waals surface area contributed by atoms with Crippen molar-refractivity contribution < 1.29 is 9.90 Å². The van der Waals surface area contributed by atoms with E-state index in [1.165, 1.54) is 5.56 Å². The number of carbonyl (C=O) groups is 1. The molecule has 0 atom stereocenters. The zero-order valence-electron chi connectivity index (χ0n) is 12.2. The molecule has 0 unspecified atom stereocenters. The third kappa shape index (κ3) is 5.57. The Morgan fingerprint density at radius 1 is 1.35 bits per heavy atom. The molecule has 0 aromatic heterocycles. The lowest BCUT2D eigenvalue weighted by Crippen LogP contribution is -2.32. The van der Waals surface area contributed by atoms with Gasteiger partial charge in [0.05, 0.1) is 0 Å². The molecule has 1 rings (SSSR count). The highest BCUT2D eigenvalue weighted by molar-refractivity contribution is 7.80. The van der Waals surface area contributed by atoms with E-state index in [0.29, 0.717) is 24.0 Å². The van der Waals surface area contributed by atoms with Crippen LogP contribution >= 0.6 is 12.2 Å². The van der Waals surface area contributed by atoms with Gasteiger partial charge >= 0.3 is 5.97 Å². The van der Waals surface area contributed by atoms with Crippen LogP contribution in [0.3, 0.4) is 0 Å². The van der Waals surface area contributed by atoms with Gasteiger partial charge in [-0.1, -0.05) is 26.0 Å². The van der Waals surface area contributed by atoms with Gasteiger partial charge in [-0.25, -0.2) is 0 Å². The van der Waals surface area contributed by atoms with E-state index in [1.807, 2.05) is 24.1 Å². The van der Waals surface area contributed by atoms with Gasteiger partial charge in [-0.3, -0.25) is 4.79 Å². The fraction of sp³-hybridized carbons (Fsp3) is 0.467. The highest BCUT2D eigenvalue weighted by Crippen LogP contribution is 2.17. The first-order valence-corrected chi connectivity index (χ1v) is 7.15. The maximum absolute atomic E-state index is 10.5. The summed E-state index contributed by atoms with van der Waals surface area (Å²) >= 11 is 5.29. The van der Waals surface area contributed by atoms with Crippen LogP contribution in [0.1, 0.15) is 38.2 Å². The van der Waals surface area contributed by atoms with Crippen molar-refractivity contribution in [3.63, 3.8) is 0 Å². The number of anilines is 1. The van der Waals surface area contributed by atoms with Gasteiger partial charge in [-0.15, -0.1) is 0 Å². The summed E-state index contributed by atoms with van der Waals surface area (Å²) in [6.07, 6.45) is 0.746. The van der Waals surface area contributed by atoms with E-state index in [2.05, 4.69) is 31.3 Å². The van der Waals surface area contributed by atoms with Crippen molar-refractivity contribution in [3.8, 4) is 0 Å². The average molecular weight is 294 g/mol. The molecule has 1 aromatic rings. The number of hydrogen-bond acceptors (Lipinski definition) is 2. The van der Waals surface area contributed by atoms with E-state index in [4.69, 9.17) is 17.3 Å². The number of hydrogen-bond donors (Lipinski definition) is 2. The van der Waals surface area contributed by atoms with Crippen LogP contribution in [0.15, 0.2) is 24.3 Å². The second-order valence-electron chi connectivity index (χ2n) is 5.13.